The third-order valence-corrected chi connectivity index (χ3v) is 2.69. The molecule has 0 saturated carbocycles. The standard InChI is InChI=1S/C14H10F3NO/c1-9(19)10-6-11(8-18-7-10)12-4-2-3-5-13(12)14(15,16)17/h2-8H,1H3. The molecule has 0 radical (unpaired) electrons. The van der Waals surface area contributed by atoms with Gasteiger partial charge in [0.15, 0.2) is 5.78 Å². The summed E-state index contributed by atoms with van der Waals surface area (Å²) >= 11 is 0. The third-order valence-electron chi connectivity index (χ3n) is 2.69. The van der Waals surface area contributed by atoms with Crippen LogP contribution in [0, 0.1) is 0 Å². The average Bonchev–Trinajstić information content (AvgIpc) is 2.38. The second-order valence-electron chi connectivity index (χ2n) is 4.06. The lowest BCUT2D eigenvalue weighted by Crippen LogP contribution is -2.07. The van der Waals surface area contributed by atoms with Crippen molar-refractivity contribution in [3.63, 3.8) is 0 Å². The summed E-state index contributed by atoms with van der Waals surface area (Å²) in [6, 6.07) is 6.64. The van der Waals surface area contributed by atoms with Crippen molar-refractivity contribution in [1.29, 1.82) is 0 Å². The fourth-order valence-corrected chi connectivity index (χ4v) is 1.76. The zero-order valence-corrected chi connectivity index (χ0v) is 10.0. The van der Waals surface area contributed by atoms with Gasteiger partial charge in [0.05, 0.1) is 5.56 Å². The highest BCUT2D eigenvalue weighted by Gasteiger charge is 2.33. The smallest absolute Gasteiger partial charge is 0.294 e. The van der Waals surface area contributed by atoms with Gasteiger partial charge in [-0.2, -0.15) is 13.2 Å². The van der Waals surface area contributed by atoms with Crippen LogP contribution in [0.2, 0.25) is 0 Å². The van der Waals surface area contributed by atoms with Crippen molar-refractivity contribution >= 4 is 5.78 Å². The predicted octanol–water partition coefficient (Wildman–Crippen LogP) is 3.97. The molecule has 0 aliphatic heterocycles. The maximum Gasteiger partial charge on any atom is 0.417 e. The van der Waals surface area contributed by atoms with E-state index in [1.54, 1.807) is 0 Å². The highest BCUT2D eigenvalue weighted by Crippen LogP contribution is 2.36. The van der Waals surface area contributed by atoms with Crippen LogP contribution in [0.15, 0.2) is 42.7 Å². The lowest BCUT2D eigenvalue weighted by Gasteiger charge is -2.12. The first-order chi connectivity index (χ1) is 8.89. The van der Waals surface area contributed by atoms with Crippen LogP contribution in [0.4, 0.5) is 13.2 Å². The van der Waals surface area contributed by atoms with Gasteiger partial charge in [0.1, 0.15) is 0 Å². The van der Waals surface area contributed by atoms with Crippen LogP contribution in [0.1, 0.15) is 22.8 Å². The molecule has 19 heavy (non-hydrogen) atoms. The Morgan fingerprint density at radius 1 is 1.16 bits per heavy atom. The number of hydrogen-bond acceptors (Lipinski definition) is 2. The summed E-state index contributed by atoms with van der Waals surface area (Å²) in [6.07, 6.45) is -1.79. The van der Waals surface area contributed by atoms with Crippen LogP contribution in [-0.4, -0.2) is 10.8 Å². The van der Waals surface area contributed by atoms with E-state index in [-0.39, 0.29) is 22.5 Å². The number of hydrogen-bond donors (Lipinski definition) is 0. The summed E-state index contributed by atoms with van der Waals surface area (Å²) in [5.41, 5.74) is -0.154. The highest BCUT2D eigenvalue weighted by molar-refractivity contribution is 5.95. The second-order valence-corrected chi connectivity index (χ2v) is 4.06. The normalized spacial score (nSPS) is 11.4. The number of alkyl halides is 3. The molecule has 98 valence electrons. The highest BCUT2D eigenvalue weighted by atomic mass is 19.4. The number of benzene rings is 1. The number of aromatic nitrogens is 1. The number of carbonyl (C=O) groups is 1. The molecule has 0 bridgehead atoms. The molecule has 2 rings (SSSR count). The topological polar surface area (TPSA) is 30.0 Å². The molecule has 1 aromatic heterocycles. The van der Waals surface area contributed by atoms with Gasteiger partial charge in [0.2, 0.25) is 0 Å². The van der Waals surface area contributed by atoms with Crippen molar-refractivity contribution < 1.29 is 18.0 Å². The Morgan fingerprint density at radius 2 is 1.84 bits per heavy atom. The van der Waals surface area contributed by atoms with Crippen molar-refractivity contribution in [2.75, 3.05) is 0 Å². The molecule has 1 aromatic carbocycles. The van der Waals surface area contributed by atoms with Gasteiger partial charge < -0.3 is 0 Å². The van der Waals surface area contributed by atoms with Crippen molar-refractivity contribution in [2.45, 2.75) is 13.1 Å². The Balaban J connectivity index is 2.60. The first-order valence-electron chi connectivity index (χ1n) is 5.52. The molecule has 0 spiro atoms. The molecule has 0 amide bonds. The molecule has 0 unspecified atom stereocenters. The van der Waals surface area contributed by atoms with Gasteiger partial charge in [-0.25, -0.2) is 0 Å². The Morgan fingerprint density at radius 3 is 2.47 bits per heavy atom. The summed E-state index contributed by atoms with van der Waals surface area (Å²) in [7, 11) is 0. The van der Waals surface area contributed by atoms with Crippen molar-refractivity contribution in [1.82, 2.24) is 4.98 Å². The van der Waals surface area contributed by atoms with Crippen LogP contribution in [0.3, 0.4) is 0 Å². The van der Waals surface area contributed by atoms with E-state index in [1.807, 2.05) is 0 Å². The van der Waals surface area contributed by atoms with Gasteiger partial charge in [-0.15, -0.1) is 0 Å². The molecule has 0 saturated heterocycles. The monoisotopic (exact) mass is 265 g/mol. The molecular formula is C14H10F3NO. The number of carbonyl (C=O) groups excluding carboxylic acids is 1. The fourth-order valence-electron chi connectivity index (χ4n) is 1.76. The average molecular weight is 265 g/mol. The summed E-state index contributed by atoms with van der Waals surface area (Å²) in [4.78, 5) is 15.1. The molecule has 0 aliphatic carbocycles. The summed E-state index contributed by atoms with van der Waals surface area (Å²) < 4.78 is 38.7. The van der Waals surface area contributed by atoms with E-state index >= 15 is 0 Å². The number of halogens is 3. The van der Waals surface area contributed by atoms with E-state index in [9.17, 15) is 18.0 Å². The number of pyridine rings is 1. The first kappa shape index (κ1) is 13.3. The van der Waals surface area contributed by atoms with Crippen LogP contribution >= 0.6 is 0 Å². The van der Waals surface area contributed by atoms with Crippen molar-refractivity contribution in [2.24, 2.45) is 0 Å². The summed E-state index contributed by atoms with van der Waals surface area (Å²) in [5, 5.41) is 0. The van der Waals surface area contributed by atoms with Gasteiger partial charge in [-0.3, -0.25) is 9.78 Å². The Hall–Kier alpha value is -2.17. The Labute approximate surface area is 107 Å². The number of ketones is 1. The van der Waals surface area contributed by atoms with Crippen molar-refractivity contribution in [3.05, 3.63) is 53.9 Å². The minimum atomic E-state index is -4.44. The van der Waals surface area contributed by atoms with E-state index in [0.717, 1.165) is 6.07 Å². The largest absolute Gasteiger partial charge is 0.417 e. The van der Waals surface area contributed by atoms with Gasteiger partial charge in [0, 0.05) is 23.5 Å². The first-order valence-corrected chi connectivity index (χ1v) is 5.52. The summed E-state index contributed by atoms with van der Waals surface area (Å²) in [5.74, 6) is -0.237. The quantitative estimate of drug-likeness (QED) is 0.769. The lowest BCUT2D eigenvalue weighted by molar-refractivity contribution is -0.137. The van der Waals surface area contributed by atoms with Gasteiger partial charge in [-0.05, 0) is 24.6 Å². The number of nitrogens with zero attached hydrogens (tertiary/aromatic N) is 1. The van der Waals surface area contributed by atoms with Crippen LogP contribution in [0.5, 0.6) is 0 Å². The van der Waals surface area contributed by atoms with E-state index in [1.165, 1.54) is 43.6 Å². The van der Waals surface area contributed by atoms with E-state index in [0.29, 0.717) is 0 Å². The molecule has 2 aromatic rings. The minimum absolute atomic E-state index is 0.0191. The van der Waals surface area contributed by atoms with Gasteiger partial charge >= 0.3 is 6.18 Å². The number of rotatable bonds is 2. The molecule has 1 heterocycles. The van der Waals surface area contributed by atoms with E-state index in [4.69, 9.17) is 0 Å². The summed E-state index contributed by atoms with van der Waals surface area (Å²) in [6.45, 7) is 1.34. The minimum Gasteiger partial charge on any atom is -0.294 e. The van der Waals surface area contributed by atoms with E-state index in [2.05, 4.69) is 4.98 Å². The zero-order chi connectivity index (χ0) is 14.0. The molecule has 0 aliphatic rings. The van der Waals surface area contributed by atoms with E-state index < -0.39 is 11.7 Å². The fraction of sp³-hybridized carbons (Fsp3) is 0.143. The van der Waals surface area contributed by atoms with Gasteiger partial charge in [-0.1, -0.05) is 18.2 Å². The molecule has 5 heteroatoms. The van der Waals surface area contributed by atoms with Crippen LogP contribution in [-0.2, 0) is 6.18 Å². The van der Waals surface area contributed by atoms with Gasteiger partial charge in [0.25, 0.3) is 0 Å². The SMILES string of the molecule is CC(=O)c1cncc(-c2ccccc2C(F)(F)F)c1. The van der Waals surface area contributed by atoms with Crippen molar-refractivity contribution in [3.8, 4) is 11.1 Å². The number of Topliss-reactive ketones (excluding diaryl/α,β-unsaturated/α-hetero) is 1. The van der Waals surface area contributed by atoms with Crippen LogP contribution < -0.4 is 0 Å². The third kappa shape index (κ3) is 2.81. The molecule has 2 nitrogen and oxygen atoms in total. The Bertz CT molecular complexity index is 620. The molecular weight excluding hydrogens is 255 g/mol. The molecule has 0 atom stereocenters. The predicted molar refractivity (Wildman–Crippen MR) is 64.7 cm³/mol. The second kappa shape index (κ2) is 4.84. The maximum atomic E-state index is 12.9. The lowest BCUT2D eigenvalue weighted by atomic mass is 9.99. The molecule has 0 fully saturated rings. The Kier molecular flexibility index (Phi) is 3.38. The van der Waals surface area contributed by atoms with Crippen LogP contribution in [0.25, 0.3) is 11.1 Å². The maximum absolute atomic E-state index is 12.9. The molecule has 0 N–H and O–H groups in total. The zero-order valence-electron chi connectivity index (χ0n) is 10.0.